The molecule has 0 fully saturated rings. The van der Waals surface area contributed by atoms with E-state index in [0.29, 0.717) is 10.9 Å². The molecule has 4 heterocycles. The Bertz CT molecular complexity index is 1210. The molecule has 0 radical (unpaired) electrons. The van der Waals surface area contributed by atoms with Crippen molar-refractivity contribution in [2.45, 2.75) is 24.5 Å². The monoisotopic (exact) mass is 482 g/mol. The number of hydrogen-bond donors (Lipinski definition) is 0. The second-order valence-corrected chi connectivity index (χ2v) is 10.3. The summed E-state index contributed by atoms with van der Waals surface area (Å²) in [5, 5.41) is 13.5. The zero-order chi connectivity index (χ0) is 22.1. The van der Waals surface area contributed by atoms with E-state index in [1.807, 2.05) is 40.7 Å². The van der Waals surface area contributed by atoms with Gasteiger partial charge in [0.1, 0.15) is 11.6 Å². The largest absolute Gasteiger partial charge is 0.497 e. The molecular formula is C23H22N4O2S3. The standard InChI is InChI=1S/C23H22N4O2S3/c1-15-24-25-23(27(15)16-5-7-17(29-2)8-6-16)32-14-21(28)26-11-9-19-18(10-13-31-19)22(26)20-4-3-12-30-20/h3-8,10,12-13,22H,9,11,14H2,1-2H3/t22-/m0/s1. The molecule has 0 unspecified atom stereocenters. The Kier molecular flexibility index (Phi) is 6.03. The second-order valence-electron chi connectivity index (χ2n) is 7.41. The van der Waals surface area contributed by atoms with Crippen LogP contribution in [0.1, 0.15) is 27.2 Å². The molecular weight excluding hydrogens is 460 g/mol. The summed E-state index contributed by atoms with van der Waals surface area (Å²) in [6.07, 6.45) is 0.909. The predicted octanol–water partition coefficient (Wildman–Crippen LogP) is 4.97. The van der Waals surface area contributed by atoms with Gasteiger partial charge in [-0.25, -0.2) is 0 Å². The van der Waals surface area contributed by atoms with Gasteiger partial charge in [-0.15, -0.1) is 32.9 Å². The summed E-state index contributed by atoms with van der Waals surface area (Å²) in [7, 11) is 1.65. The number of aryl methyl sites for hydroxylation is 1. The van der Waals surface area contributed by atoms with Gasteiger partial charge in [-0.3, -0.25) is 9.36 Å². The summed E-state index contributed by atoms with van der Waals surface area (Å²) in [6.45, 7) is 2.65. The molecule has 0 saturated carbocycles. The summed E-state index contributed by atoms with van der Waals surface area (Å²) < 4.78 is 7.23. The van der Waals surface area contributed by atoms with Crippen LogP contribution in [0.5, 0.6) is 5.75 Å². The van der Waals surface area contributed by atoms with E-state index in [-0.39, 0.29) is 11.9 Å². The second kappa shape index (κ2) is 9.09. The molecule has 4 aromatic rings. The van der Waals surface area contributed by atoms with Gasteiger partial charge in [-0.1, -0.05) is 17.8 Å². The topological polar surface area (TPSA) is 60.2 Å². The summed E-state index contributed by atoms with van der Waals surface area (Å²) in [5.41, 5.74) is 2.21. The lowest BCUT2D eigenvalue weighted by molar-refractivity contribution is -0.130. The molecule has 5 rings (SSSR count). The Morgan fingerprint density at radius 2 is 2.00 bits per heavy atom. The highest BCUT2D eigenvalue weighted by atomic mass is 32.2. The SMILES string of the molecule is COc1ccc(-n2c(C)nnc2SCC(=O)N2CCc3sccc3[C@H]2c2cccs2)cc1. The Labute approximate surface area is 198 Å². The summed E-state index contributed by atoms with van der Waals surface area (Å²) >= 11 is 4.92. The minimum absolute atomic E-state index is 0.000654. The third-order valence-electron chi connectivity index (χ3n) is 5.55. The minimum atomic E-state index is -0.000654. The normalized spacial score (nSPS) is 15.6. The molecule has 1 amide bonds. The van der Waals surface area contributed by atoms with Crippen molar-refractivity contribution < 1.29 is 9.53 Å². The van der Waals surface area contributed by atoms with Gasteiger partial charge in [0.05, 0.1) is 18.9 Å². The molecule has 0 spiro atoms. The fourth-order valence-corrected chi connectivity index (χ4v) is 6.65. The van der Waals surface area contributed by atoms with Gasteiger partial charge in [-0.05, 0) is 66.1 Å². The van der Waals surface area contributed by atoms with Crippen LogP contribution in [0.25, 0.3) is 5.69 Å². The Morgan fingerprint density at radius 3 is 2.75 bits per heavy atom. The van der Waals surface area contributed by atoms with Gasteiger partial charge in [0.2, 0.25) is 5.91 Å². The molecule has 0 bridgehead atoms. The number of ether oxygens (including phenoxy) is 1. The smallest absolute Gasteiger partial charge is 0.233 e. The van der Waals surface area contributed by atoms with Gasteiger partial charge in [-0.2, -0.15) is 0 Å². The highest BCUT2D eigenvalue weighted by Gasteiger charge is 2.33. The Hall–Kier alpha value is -2.62. The van der Waals surface area contributed by atoms with E-state index in [1.165, 1.54) is 27.1 Å². The van der Waals surface area contributed by atoms with Crippen LogP contribution in [-0.4, -0.2) is 45.0 Å². The number of rotatable bonds is 6. The van der Waals surface area contributed by atoms with Crippen molar-refractivity contribution in [2.24, 2.45) is 0 Å². The quantitative estimate of drug-likeness (QED) is 0.363. The molecule has 6 nitrogen and oxygen atoms in total. The first-order valence-corrected chi connectivity index (χ1v) is 13.0. The summed E-state index contributed by atoms with van der Waals surface area (Å²) in [6, 6.07) is 14.1. The van der Waals surface area contributed by atoms with Crippen LogP contribution in [0.2, 0.25) is 0 Å². The van der Waals surface area contributed by atoms with Crippen LogP contribution in [0.15, 0.2) is 58.4 Å². The number of thiophene rings is 2. The number of carbonyl (C=O) groups is 1. The number of carbonyl (C=O) groups excluding carboxylic acids is 1. The molecule has 1 atom stereocenters. The van der Waals surface area contributed by atoms with Crippen LogP contribution in [0.3, 0.4) is 0 Å². The molecule has 0 N–H and O–H groups in total. The first-order valence-electron chi connectivity index (χ1n) is 10.2. The van der Waals surface area contributed by atoms with Gasteiger partial charge in [0, 0.05) is 22.0 Å². The van der Waals surface area contributed by atoms with Crippen molar-refractivity contribution in [2.75, 3.05) is 19.4 Å². The van der Waals surface area contributed by atoms with E-state index < -0.39 is 0 Å². The number of benzene rings is 1. The first-order chi connectivity index (χ1) is 15.7. The van der Waals surface area contributed by atoms with E-state index in [4.69, 9.17) is 4.74 Å². The van der Waals surface area contributed by atoms with Gasteiger partial charge in [0.25, 0.3) is 0 Å². The number of hydrogen-bond acceptors (Lipinski definition) is 7. The molecule has 0 aliphatic carbocycles. The van der Waals surface area contributed by atoms with Gasteiger partial charge in [0.15, 0.2) is 5.16 Å². The Morgan fingerprint density at radius 1 is 1.16 bits per heavy atom. The van der Waals surface area contributed by atoms with E-state index in [9.17, 15) is 4.79 Å². The molecule has 9 heteroatoms. The highest BCUT2D eigenvalue weighted by molar-refractivity contribution is 7.99. The maximum absolute atomic E-state index is 13.4. The van der Waals surface area contributed by atoms with E-state index in [2.05, 4.69) is 39.2 Å². The number of fused-ring (bicyclic) bond motifs is 1. The lowest BCUT2D eigenvalue weighted by atomic mass is 9.98. The fourth-order valence-electron chi connectivity index (χ4n) is 4.01. The molecule has 1 aliphatic rings. The van der Waals surface area contributed by atoms with Crippen LogP contribution >= 0.6 is 34.4 Å². The van der Waals surface area contributed by atoms with E-state index in [1.54, 1.807) is 29.8 Å². The average Bonchev–Trinajstić information content (AvgIpc) is 3.58. The third kappa shape index (κ3) is 3.96. The van der Waals surface area contributed by atoms with Crippen molar-refractivity contribution >= 4 is 40.3 Å². The van der Waals surface area contributed by atoms with Crippen molar-refractivity contribution in [3.63, 3.8) is 0 Å². The van der Waals surface area contributed by atoms with Gasteiger partial charge < -0.3 is 9.64 Å². The Balaban J connectivity index is 1.36. The number of aromatic nitrogens is 3. The molecule has 164 valence electrons. The average molecular weight is 483 g/mol. The van der Waals surface area contributed by atoms with E-state index in [0.717, 1.165) is 30.2 Å². The number of thioether (sulfide) groups is 1. The number of amides is 1. The lowest BCUT2D eigenvalue weighted by Gasteiger charge is -2.35. The van der Waals surface area contributed by atoms with Crippen LogP contribution < -0.4 is 4.74 Å². The van der Waals surface area contributed by atoms with Crippen LogP contribution in [0.4, 0.5) is 0 Å². The maximum Gasteiger partial charge on any atom is 0.233 e. The minimum Gasteiger partial charge on any atom is -0.497 e. The predicted molar refractivity (Wildman–Crippen MR) is 129 cm³/mol. The lowest BCUT2D eigenvalue weighted by Crippen LogP contribution is -2.40. The molecule has 32 heavy (non-hydrogen) atoms. The van der Waals surface area contributed by atoms with Crippen molar-refractivity contribution in [3.05, 3.63) is 74.4 Å². The number of nitrogens with zero attached hydrogens (tertiary/aromatic N) is 4. The molecule has 0 saturated heterocycles. The summed E-state index contributed by atoms with van der Waals surface area (Å²) in [5.74, 6) is 2.01. The third-order valence-corrected chi connectivity index (χ3v) is 8.38. The van der Waals surface area contributed by atoms with Crippen molar-refractivity contribution in [1.82, 2.24) is 19.7 Å². The van der Waals surface area contributed by atoms with Crippen LogP contribution in [0, 0.1) is 6.92 Å². The molecule has 1 aliphatic heterocycles. The highest BCUT2D eigenvalue weighted by Crippen LogP contribution is 2.40. The number of methoxy groups -OCH3 is 1. The first kappa shape index (κ1) is 21.2. The summed E-state index contributed by atoms with van der Waals surface area (Å²) in [4.78, 5) is 18.0. The maximum atomic E-state index is 13.4. The van der Waals surface area contributed by atoms with Gasteiger partial charge >= 0.3 is 0 Å². The zero-order valence-electron chi connectivity index (χ0n) is 17.7. The zero-order valence-corrected chi connectivity index (χ0v) is 20.2. The molecule has 3 aromatic heterocycles. The van der Waals surface area contributed by atoms with Crippen molar-refractivity contribution in [3.8, 4) is 11.4 Å². The molecule has 1 aromatic carbocycles. The fraction of sp³-hybridized carbons (Fsp3) is 0.261. The van der Waals surface area contributed by atoms with Crippen molar-refractivity contribution in [1.29, 1.82) is 0 Å². The van der Waals surface area contributed by atoms with Crippen LogP contribution in [-0.2, 0) is 11.2 Å². The van der Waals surface area contributed by atoms with E-state index >= 15 is 0 Å².